The van der Waals surface area contributed by atoms with E-state index < -0.39 is 9.84 Å². The number of hydrogen-bond donors (Lipinski definition) is 2. The number of amides is 2. The molecule has 0 bridgehead atoms. The standard InChI is InChI=1S/C30H32N4O6S/c1-19-27(31-20(2)28(19)30(37)34-12-10-33(3)11-13-34)15-25-24-14-23(8-9-26(24)32-29(25)36)41(38,39)17-22-6-4-21(5-7-22)16-40-18-35/h4-9,14-15,18,31H,10-13,16-17H2,1-3H3,(H,32,36). The van der Waals surface area contributed by atoms with Crippen LogP contribution in [-0.4, -0.2) is 74.7 Å². The molecule has 2 aromatic carbocycles. The number of fused-ring (bicyclic) bond motifs is 1. The highest BCUT2D eigenvalue weighted by Gasteiger charge is 2.29. The van der Waals surface area contributed by atoms with E-state index in [0.29, 0.717) is 53.2 Å². The number of likely N-dealkylation sites (N-methyl/N-ethyl adjacent to an activating group) is 1. The number of carbonyl (C=O) groups excluding carboxylic acids is 3. The molecule has 5 rings (SSSR count). The first-order valence-electron chi connectivity index (χ1n) is 13.3. The number of sulfone groups is 1. The van der Waals surface area contributed by atoms with Crippen molar-refractivity contribution in [3.8, 4) is 0 Å². The van der Waals surface area contributed by atoms with Crippen LogP contribution in [0.25, 0.3) is 11.6 Å². The fraction of sp³-hybridized carbons (Fsp3) is 0.300. The Bertz CT molecular complexity index is 1650. The molecule has 1 saturated heterocycles. The Kier molecular flexibility index (Phi) is 7.83. The van der Waals surface area contributed by atoms with Gasteiger partial charge in [0.1, 0.15) is 6.61 Å². The lowest BCUT2D eigenvalue weighted by Crippen LogP contribution is -2.47. The second kappa shape index (κ2) is 11.3. The third-order valence-corrected chi connectivity index (χ3v) is 9.29. The summed E-state index contributed by atoms with van der Waals surface area (Å²) < 4.78 is 31.3. The molecular formula is C30H32N4O6S. The van der Waals surface area contributed by atoms with E-state index in [1.165, 1.54) is 12.1 Å². The maximum absolute atomic E-state index is 13.3. The first-order chi connectivity index (χ1) is 19.6. The molecule has 41 heavy (non-hydrogen) atoms. The van der Waals surface area contributed by atoms with Crippen LogP contribution in [0.3, 0.4) is 0 Å². The van der Waals surface area contributed by atoms with Gasteiger partial charge in [0.05, 0.1) is 21.8 Å². The summed E-state index contributed by atoms with van der Waals surface area (Å²) in [6.45, 7) is 7.10. The number of aryl methyl sites for hydroxylation is 1. The number of hydrogen-bond acceptors (Lipinski definition) is 7. The highest BCUT2D eigenvalue weighted by atomic mass is 32.2. The molecule has 11 heteroatoms. The number of aromatic amines is 1. The number of aromatic nitrogens is 1. The number of anilines is 1. The molecule has 0 saturated carbocycles. The van der Waals surface area contributed by atoms with Crippen LogP contribution in [0.15, 0.2) is 47.4 Å². The summed E-state index contributed by atoms with van der Waals surface area (Å²) in [4.78, 5) is 44.1. The van der Waals surface area contributed by atoms with Crippen molar-refractivity contribution in [3.05, 3.63) is 81.7 Å². The molecule has 2 aliphatic heterocycles. The van der Waals surface area contributed by atoms with Gasteiger partial charge in [0.25, 0.3) is 18.3 Å². The van der Waals surface area contributed by atoms with Crippen LogP contribution in [0, 0.1) is 13.8 Å². The summed E-state index contributed by atoms with van der Waals surface area (Å²) >= 11 is 0. The van der Waals surface area contributed by atoms with E-state index in [-0.39, 0.29) is 29.1 Å². The molecule has 3 heterocycles. The van der Waals surface area contributed by atoms with Gasteiger partial charge in [-0.15, -0.1) is 0 Å². The molecule has 2 N–H and O–H groups in total. The lowest BCUT2D eigenvalue weighted by molar-refractivity contribution is -0.129. The monoisotopic (exact) mass is 576 g/mol. The fourth-order valence-electron chi connectivity index (χ4n) is 5.22. The summed E-state index contributed by atoms with van der Waals surface area (Å²) in [6, 6.07) is 11.4. The highest BCUT2D eigenvalue weighted by Crippen LogP contribution is 2.36. The lowest BCUT2D eigenvalue weighted by atomic mass is 10.0. The number of H-pyrrole nitrogens is 1. The summed E-state index contributed by atoms with van der Waals surface area (Å²) in [5.74, 6) is -0.613. The van der Waals surface area contributed by atoms with Gasteiger partial charge in [0, 0.05) is 48.8 Å². The van der Waals surface area contributed by atoms with Crippen LogP contribution in [0.5, 0.6) is 0 Å². The lowest BCUT2D eigenvalue weighted by Gasteiger charge is -2.32. The van der Waals surface area contributed by atoms with E-state index in [2.05, 4.69) is 15.2 Å². The van der Waals surface area contributed by atoms with Crippen molar-refractivity contribution in [3.63, 3.8) is 0 Å². The van der Waals surface area contributed by atoms with E-state index in [0.717, 1.165) is 29.9 Å². The normalized spacial score (nSPS) is 16.5. The molecule has 2 amide bonds. The Hall–Kier alpha value is -4.22. The predicted molar refractivity (Wildman–Crippen MR) is 155 cm³/mol. The van der Waals surface area contributed by atoms with Crippen LogP contribution in [0.2, 0.25) is 0 Å². The molecule has 2 aliphatic rings. The molecule has 0 atom stereocenters. The summed E-state index contributed by atoms with van der Waals surface area (Å²) in [7, 11) is -1.70. The largest absolute Gasteiger partial charge is 0.463 e. The highest BCUT2D eigenvalue weighted by molar-refractivity contribution is 7.90. The minimum Gasteiger partial charge on any atom is -0.463 e. The van der Waals surface area contributed by atoms with E-state index in [1.807, 2.05) is 25.8 Å². The average Bonchev–Trinajstić information content (AvgIpc) is 3.41. The van der Waals surface area contributed by atoms with Gasteiger partial charge >= 0.3 is 0 Å². The molecule has 10 nitrogen and oxygen atoms in total. The van der Waals surface area contributed by atoms with Crippen molar-refractivity contribution < 1.29 is 27.5 Å². The van der Waals surface area contributed by atoms with Crippen molar-refractivity contribution in [1.82, 2.24) is 14.8 Å². The van der Waals surface area contributed by atoms with Crippen LogP contribution >= 0.6 is 0 Å². The first-order valence-corrected chi connectivity index (χ1v) is 14.9. The quantitative estimate of drug-likeness (QED) is 0.311. The van der Waals surface area contributed by atoms with Gasteiger partial charge < -0.3 is 24.8 Å². The molecule has 3 aromatic rings. The topological polar surface area (TPSA) is 129 Å². The summed E-state index contributed by atoms with van der Waals surface area (Å²) in [5.41, 5.74) is 5.34. The Morgan fingerprint density at radius 1 is 1.02 bits per heavy atom. The fourth-order valence-corrected chi connectivity index (χ4v) is 6.59. The van der Waals surface area contributed by atoms with Crippen molar-refractivity contribution in [1.29, 1.82) is 0 Å². The minimum atomic E-state index is -3.73. The predicted octanol–water partition coefficient (Wildman–Crippen LogP) is 3.16. The van der Waals surface area contributed by atoms with E-state index in [4.69, 9.17) is 4.74 Å². The molecule has 0 spiro atoms. The van der Waals surface area contributed by atoms with Gasteiger partial charge in [-0.1, -0.05) is 24.3 Å². The van der Waals surface area contributed by atoms with Crippen LogP contribution < -0.4 is 5.32 Å². The SMILES string of the molecule is Cc1[nH]c(C=C2C(=O)Nc3ccc(S(=O)(=O)Cc4ccc(COC=O)cc4)cc32)c(C)c1C(=O)N1CCN(C)CC1. The number of benzene rings is 2. The Morgan fingerprint density at radius 3 is 2.39 bits per heavy atom. The van der Waals surface area contributed by atoms with Gasteiger partial charge in [0.2, 0.25) is 0 Å². The molecule has 1 aromatic heterocycles. The summed E-state index contributed by atoms with van der Waals surface area (Å²) in [5, 5.41) is 2.81. The second-order valence-electron chi connectivity index (χ2n) is 10.5. The van der Waals surface area contributed by atoms with Crippen molar-refractivity contribution in [2.45, 2.75) is 31.1 Å². The van der Waals surface area contributed by atoms with Crippen LogP contribution in [0.1, 0.15) is 44.0 Å². The maximum atomic E-state index is 13.3. The summed E-state index contributed by atoms with van der Waals surface area (Å²) in [6.07, 6.45) is 1.68. The van der Waals surface area contributed by atoms with Crippen molar-refractivity contribution in [2.24, 2.45) is 0 Å². The van der Waals surface area contributed by atoms with Gasteiger partial charge in [-0.3, -0.25) is 14.4 Å². The number of ether oxygens (including phenoxy) is 1. The van der Waals surface area contributed by atoms with E-state index in [1.54, 1.807) is 36.4 Å². The average molecular weight is 577 g/mol. The number of piperazine rings is 1. The smallest absolute Gasteiger partial charge is 0.293 e. The Labute approximate surface area is 238 Å². The second-order valence-corrected chi connectivity index (χ2v) is 12.5. The number of nitrogens with one attached hydrogen (secondary N) is 2. The number of carbonyl (C=O) groups is 3. The number of rotatable bonds is 8. The molecule has 214 valence electrons. The van der Waals surface area contributed by atoms with E-state index >= 15 is 0 Å². The zero-order valence-electron chi connectivity index (χ0n) is 23.2. The minimum absolute atomic E-state index is 0.0389. The number of nitrogens with zero attached hydrogens (tertiary/aromatic N) is 2. The first kappa shape index (κ1) is 28.3. The van der Waals surface area contributed by atoms with Crippen LogP contribution in [-0.2, 0) is 36.5 Å². The van der Waals surface area contributed by atoms with Gasteiger partial charge in [-0.2, -0.15) is 0 Å². The van der Waals surface area contributed by atoms with Crippen molar-refractivity contribution in [2.75, 3.05) is 38.5 Å². The molecule has 0 radical (unpaired) electrons. The van der Waals surface area contributed by atoms with Gasteiger partial charge in [-0.05, 0) is 61.9 Å². The zero-order valence-corrected chi connectivity index (χ0v) is 24.0. The maximum Gasteiger partial charge on any atom is 0.293 e. The Balaban J connectivity index is 1.41. The molecular weight excluding hydrogens is 544 g/mol. The van der Waals surface area contributed by atoms with Crippen LogP contribution in [0.4, 0.5) is 5.69 Å². The third-order valence-electron chi connectivity index (χ3n) is 7.60. The molecule has 0 aliphatic carbocycles. The zero-order chi connectivity index (χ0) is 29.3. The van der Waals surface area contributed by atoms with E-state index in [9.17, 15) is 22.8 Å². The molecule has 1 fully saturated rings. The Morgan fingerprint density at radius 2 is 1.71 bits per heavy atom. The van der Waals surface area contributed by atoms with Gasteiger partial charge in [-0.25, -0.2) is 8.42 Å². The van der Waals surface area contributed by atoms with Crippen molar-refractivity contribution >= 4 is 45.5 Å². The third kappa shape index (κ3) is 5.82. The van der Waals surface area contributed by atoms with Gasteiger partial charge in [0.15, 0.2) is 9.84 Å². The molecule has 0 unspecified atom stereocenters.